The van der Waals surface area contributed by atoms with Crippen molar-refractivity contribution in [1.82, 2.24) is 30.6 Å². The number of anilines is 1. The molecule has 0 radical (unpaired) electrons. The molecule has 226 valence electrons. The molecule has 3 N–H and O–H groups in total. The summed E-state index contributed by atoms with van der Waals surface area (Å²) in [5.74, 6) is -2.98. The Morgan fingerprint density at radius 3 is 2.50 bits per heavy atom. The predicted octanol–water partition coefficient (Wildman–Crippen LogP) is 4.30. The molecular formula is C29H36F3N7O3. The fourth-order valence-electron chi connectivity index (χ4n) is 5.20. The minimum atomic E-state index is -5.08. The second-order valence-electron chi connectivity index (χ2n) is 11.7. The monoisotopic (exact) mass is 587 g/mol. The number of amides is 1. The van der Waals surface area contributed by atoms with Gasteiger partial charge in [0.2, 0.25) is 0 Å². The lowest BCUT2D eigenvalue weighted by atomic mass is 9.97. The first-order valence-electron chi connectivity index (χ1n) is 13.7. The van der Waals surface area contributed by atoms with E-state index in [-0.39, 0.29) is 17.0 Å². The van der Waals surface area contributed by atoms with E-state index in [0.29, 0.717) is 12.2 Å². The van der Waals surface area contributed by atoms with E-state index in [1.165, 1.54) is 36.1 Å². The van der Waals surface area contributed by atoms with Crippen molar-refractivity contribution in [2.45, 2.75) is 70.8 Å². The Morgan fingerprint density at radius 1 is 1.17 bits per heavy atom. The summed E-state index contributed by atoms with van der Waals surface area (Å²) in [6.45, 7) is 11.8. The van der Waals surface area contributed by atoms with E-state index in [0.717, 1.165) is 30.8 Å². The SMILES string of the molecule is Cc1cc(-c2ccncc2N2CCC3(CCCN3)C2)ccc1CNC(=O)c1cn(C(C)(C)C)nn1.O=C(O)C(F)(F)F. The van der Waals surface area contributed by atoms with Gasteiger partial charge in [0.1, 0.15) is 0 Å². The van der Waals surface area contributed by atoms with E-state index >= 15 is 0 Å². The van der Waals surface area contributed by atoms with Gasteiger partial charge in [-0.3, -0.25) is 9.78 Å². The highest BCUT2D eigenvalue weighted by Crippen LogP contribution is 2.37. The standard InChI is InChI=1S/C27H35N7O.C2HF3O2/c1-19-14-20(6-7-21(19)15-29-25(35)23-17-34(32-31-23)26(2,3)4)22-8-12-28-16-24(22)33-13-10-27(18-33)9-5-11-30-27;3-2(4,5)1(6)7/h6-8,12,14,16-17,30H,5,9-11,13,15,18H2,1-4H3,(H,29,35);(H,6,7). The number of nitrogens with one attached hydrogen (secondary N) is 2. The number of aryl methyl sites for hydroxylation is 1. The van der Waals surface area contributed by atoms with E-state index in [9.17, 15) is 18.0 Å². The second kappa shape index (κ2) is 12.1. The Labute approximate surface area is 242 Å². The largest absolute Gasteiger partial charge is 0.490 e. The first-order chi connectivity index (χ1) is 19.7. The van der Waals surface area contributed by atoms with Crippen LogP contribution in [0.1, 0.15) is 61.6 Å². The second-order valence-corrected chi connectivity index (χ2v) is 11.7. The van der Waals surface area contributed by atoms with E-state index < -0.39 is 12.1 Å². The molecule has 10 nitrogen and oxygen atoms in total. The quantitative estimate of drug-likeness (QED) is 0.404. The molecule has 1 amide bonds. The first-order valence-corrected chi connectivity index (χ1v) is 13.7. The number of hydrogen-bond acceptors (Lipinski definition) is 7. The molecular weight excluding hydrogens is 551 g/mol. The number of pyridine rings is 1. The van der Waals surface area contributed by atoms with Crippen molar-refractivity contribution in [3.05, 3.63) is 59.7 Å². The van der Waals surface area contributed by atoms with Crippen molar-refractivity contribution in [3.63, 3.8) is 0 Å². The van der Waals surface area contributed by atoms with E-state index in [1.807, 2.05) is 33.2 Å². The highest BCUT2D eigenvalue weighted by molar-refractivity contribution is 5.91. The van der Waals surface area contributed by atoms with Gasteiger partial charge in [-0.25, -0.2) is 9.48 Å². The number of carbonyl (C=O) groups excluding carboxylic acids is 1. The molecule has 2 aliphatic rings. The van der Waals surface area contributed by atoms with Crippen molar-refractivity contribution in [3.8, 4) is 11.1 Å². The summed E-state index contributed by atoms with van der Waals surface area (Å²) in [5.41, 5.74) is 6.17. The van der Waals surface area contributed by atoms with Gasteiger partial charge < -0.3 is 20.6 Å². The van der Waals surface area contributed by atoms with Gasteiger partial charge in [0.15, 0.2) is 5.69 Å². The molecule has 5 rings (SSSR count). The van der Waals surface area contributed by atoms with Crippen LogP contribution < -0.4 is 15.5 Å². The highest BCUT2D eigenvalue weighted by atomic mass is 19.4. The van der Waals surface area contributed by atoms with Gasteiger partial charge >= 0.3 is 12.1 Å². The summed E-state index contributed by atoms with van der Waals surface area (Å²) in [7, 11) is 0. The average Bonchev–Trinajstić information content (AvgIpc) is 3.69. The molecule has 1 spiro atoms. The fourth-order valence-corrected chi connectivity index (χ4v) is 5.20. The zero-order valence-electron chi connectivity index (χ0n) is 24.1. The molecule has 2 fully saturated rings. The van der Waals surface area contributed by atoms with Crippen molar-refractivity contribution < 1.29 is 27.9 Å². The number of carboxylic acid groups (broad SMARTS) is 1. The average molecular weight is 588 g/mol. The van der Waals surface area contributed by atoms with Crippen molar-refractivity contribution in [1.29, 1.82) is 0 Å². The lowest BCUT2D eigenvalue weighted by Crippen LogP contribution is -2.42. The third-order valence-corrected chi connectivity index (χ3v) is 7.58. The zero-order chi connectivity index (χ0) is 30.7. The smallest absolute Gasteiger partial charge is 0.475 e. The number of benzene rings is 1. The van der Waals surface area contributed by atoms with Crippen LogP contribution in [0.4, 0.5) is 18.9 Å². The molecule has 1 aromatic carbocycles. The Bertz CT molecular complexity index is 1430. The molecule has 1 atom stereocenters. The van der Waals surface area contributed by atoms with Gasteiger partial charge in [0, 0.05) is 36.9 Å². The maximum absolute atomic E-state index is 12.6. The lowest BCUT2D eigenvalue weighted by molar-refractivity contribution is -0.192. The number of carboxylic acids is 1. The molecule has 2 aromatic heterocycles. The minimum Gasteiger partial charge on any atom is -0.475 e. The van der Waals surface area contributed by atoms with Crippen LogP contribution >= 0.6 is 0 Å². The van der Waals surface area contributed by atoms with Crippen LogP contribution in [0.5, 0.6) is 0 Å². The third kappa shape index (κ3) is 7.25. The van der Waals surface area contributed by atoms with E-state index in [1.54, 1.807) is 10.9 Å². The van der Waals surface area contributed by atoms with Crippen LogP contribution in [0.15, 0.2) is 42.9 Å². The topological polar surface area (TPSA) is 125 Å². The molecule has 0 bridgehead atoms. The van der Waals surface area contributed by atoms with Gasteiger partial charge in [-0.05, 0) is 76.3 Å². The van der Waals surface area contributed by atoms with Gasteiger partial charge in [-0.2, -0.15) is 13.2 Å². The lowest BCUT2D eigenvalue weighted by Gasteiger charge is -2.26. The number of nitrogens with zero attached hydrogens (tertiary/aromatic N) is 5. The molecule has 0 saturated carbocycles. The van der Waals surface area contributed by atoms with Crippen LogP contribution in [-0.4, -0.2) is 68.3 Å². The van der Waals surface area contributed by atoms with Crippen LogP contribution in [0.25, 0.3) is 11.1 Å². The van der Waals surface area contributed by atoms with Crippen LogP contribution in [0, 0.1) is 6.92 Å². The van der Waals surface area contributed by atoms with Crippen molar-refractivity contribution >= 4 is 17.6 Å². The van der Waals surface area contributed by atoms with Crippen molar-refractivity contribution in [2.75, 3.05) is 24.5 Å². The molecule has 2 aliphatic heterocycles. The summed E-state index contributed by atoms with van der Waals surface area (Å²) < 4.78 is 33.4. The van der Waals surface area contributed by atoms with Crippen molar-refractivity contribution in [2.24, 2.45) is 0 Å². The maximum atomic E-state index is 12.6. The van der Waals surface area contributed by atoms with Crippen LogP contribution in [0.2, 0.25) is 0 Å². The number of aliphatic carboxylic acids is 1. The number of halogens is 3. The number of aromatic nitrogens is 4. The van der Waals surface area contributed by atoms with Crippen LogP contribution in [-0.2, 0) is 16.9 Å². The normalized spacial score (nSPS) is 18.6. The van der Waals surface area contributed by atoms with Gasteiger partial charge in [0.05, 0.1) is 23.6 Å². The van der Waals surface area contributed by atoms with Crippen LogP contribution in [0.3, 0.4) is 0 Å². The highest BCUT2D eigenvalue weighted by Gasteiger charge is 2.40. The molecule has 13 heteroatoms. The Hall–Kier alpha value is -4.00. The molecule has 42 heavy (non-hydrogen) atoms. The fraction of sp³-hybridized carbons (Fsp3) is 0.483. The number of hydrogen-bond donors (Lipinski definition) is 3. The molecule has 1 unspecified atom stereocenters. The summed E-state index contributed by atoms with van der Waals surface area (Å²) in [6.07, 6.45) is 4.18. The predicted molar refractivity (Wildman–Crippen MR) is 151 cm³/mol. The Morgan fingerprint density at radius 2 is 1.90 bits per heavy atom. The molecule has 2 saturated heterocycles. The molecule has 3 aromatic rings. The Balaban J connectivity index is 0.000000517. The van der Waals surface area contributed by atoms with Gasteiger partial charge in [-0.15, -0.1) is 5.10 Å². The Kier molecular flexibility index (Phi) is 8.90. The summed E-state index contributed by atoms with van der Waals surface area (Å²) >= 11 is 0. The molecule has 0 aliphatic carbocycles. The third-order valence-electron chi connectivity index (χ3n) is 7.58. The van der Waals surface area contributed by atoms with E-state index in [4.69, 9.17) is 9.90 Å². The molecule has 4 heterocycles. The number of alkyl halides is 3. The van der Waals surface area contributed by atoms with Gasteiger partial charge in [-0.1, -0.05) is 23.4 Å². The maximum Gasteiger partial charge on any atom is 0.490 e. The number of carbonyl (C=O) groups is 2. The summed E-state index contributed by atoms with van der Waals surface area (Å²) in [5, 5.41) is 22.0. The summed E-state index contributed by atoms with van der Waals surface area (Å²) in [6, 6.07) is 8.56. The zero-order valence-corrected chi connectivity index (χ0v) is 24.1. The summed E-state index contributed by atoms with van der Waals surface area (Å²) in [4.78, 5) is 28.4. The minimum absolute atomic E-state index is 0.215. The van der Waals surface area contributed by atoms with Gasteiger partial charge in [0.25, 0.3) is 5.91 Å². The van der Waals surface area contributed by atoms with E-state index in [2.05, 4.69) is 62.0 Å². The number of rotatable bonds is 5. The first kappa shape index (κ1) is 30.9.